The number of phenols is 3. The smallest absolute Gasteiger partial charge is 0.329 e. The fourth-order valence-corrected chi connectivity index (χ4v) is 2.21. The fraction of sp³-hybridized carbons (Fsp3) is 0.286. The SMILES string of the molecule is C#CCSC[C@H](NC(=O)c1cc(O)c(O)c(O)c1)C(=O)OC. The van der Waals surface area contributed by atoms with Crippen LogP contribution in [0.4, 0.5) is 0 Å². The molecule has 7 nitrogen and oxygen atoms in total. The third-order valence-electron chi connectivity index (χ3n) is 2.59. The van der Waals surface area contributed by atoms with Gasteiger partial charge in [0, 0.05) is 11.3 Å². The zero-order chi connectivity index (χ0) is 16.7. The van der Waals surface area contributed by atoms with E-state index < -0.39 is 35.2 Å². The Kier molecular flexibility index (Phi) is 6.41. The van der Waals surface area contributed by atoms with E-state index in [1.165, 1.54) is 18.9 Å². The molecule has 22 heavy (non-hydrogen) atoms. The molecular formula is C14H15NO6S. The third kappa shape index (κ3) is 4.49. The second kappa shape index (κ2) is 8.05. The molecule has 0 heterocycles. The molecule has 4 N–H and O–H groups in total. The van der Waals surface area contributed by atoms with E-state index in [0.717, 1.165) is 12.1 Å². The molecule has 8 heteroatoms. The number of nitrogens with one attached hydrogen (secondary N) is 1. The highest BCUT2D eigenvalue weighted by Gasteiger charge is 2.23. The number of hydrogen-bond acceptors (Lipinski definition) is 7. The minimum absolute atomic E-state index is 0.122. The third-order valence-corrected chi connectivity index (χ3v) is 3.53. The standard InChI is InChI=1S/C14H15NO6S/c1-3-4-22-7-9(14(20)21-2)15-13(19)8-5-10(16)12(18)11(17)6-8/h1,5-6,9,16-18H,4,7H2,2H3,(H,15,19)/t9-/m0/s1. The summed E-state index contributed by atoms with van der Waals surface area (Å²) in [5.41, 5.74) is -0.122. The number of carbonyl (C=O) groups is 2. The zero-order valence-electron chi connectivity index (χ0n) is 11.7. The molecule has 1 amide bonds. The van der Waals surface area contributed by atoms with E-state index in [4.69, 9.17) is 6.42 Å². The van der Waals surface area contributed by atoms with Gasteiger partial charge in [-0.2, -0.15) is 0 Å². The van der Waals surface area contributed by atoms with Crippen molar-refractivity contribution in [3.05, 3.63) is 17.7 Å². The number of ether oxygens (including phenoxy) is 1. The number of carbonyl (C=O) groups excluding carboxylic acids is 2. The van der Waals surface area contributed by atoms with Crippen molar-refractivity contribution in [2.45, 2.75) is 6.04 Å². The molecular weight excluding hydrogens is 310 g/mol. The highest BCUT2D eigenvalue weighted by Crippen LogP contribution is 2.35. The zero-order valence-corrected chi connectivity index (χ0v) is 12.5. The largest absolute Gasteiger partial charge is 0.504 e. The number of amides is 1. The first-order chi connectivity index (χ1) is 10.4. The monoisotopic (exact) mass is 325 g/mol. The fourth-order valence-electron chi connectivity index (χ4n) is 1.52. The number of aromatic hydroxyl groups is 3. The Morgan fingerprint density at radius 2 is 1.95 bits per heavy atom. The average molecular weight is 325 g/mol. The van der Waals surface area contributed by atoms with Crippen molar-refractivity contribution in [3.63, 3.8) is 0 Å². The molecule has 0 saturated heterocycles. The molecule has 0 aliphatic rings. The van der Waals surface area contributed by atoms with Gasteiger partial charge in [-0.3, -0.25) is 4.79 Å². The van der Waals surface area contributed by atoms with Crippen LogP contribution < -0.4 is 5.32 Å². The van der Waals surface area contributed by atoms with Gasteiger partial charge in [-0.05, 0) is 12.1 Å². The predicted octanol–water partition coefficient (Wildman–Crippen LogP) is 0.441. The Hall–Kier alpha value is -2.53. The molecule has 0 saturated carbocycles. The maximum absolute atomic E-state index is 12.1. The number of terminal acetylenes is 1. The van der Waals surface area contributed by atoms with Crippen LogP contribution in [0.2, 0.25) is 0 Å². The van der Waals surface area contributed by atoms with Crippen molar-refractivity contribution in [3.8, 4) is 29.6 Å². The van der Waals surface area contributed by atoms with Gasteiger partial charge in [0.25, 0.3) is 5.91 Å². The summed E-state index contributed by atoms with van der Waals surface area (Å²) in [6, 6.07) is 0.995. The summed E-state index contributed by atoms with van der Waals surface area (Å²) < 4.78 is 4.59. The van der Waals surface area contributed by atoms with Crippen LogP contribution in [0.1, 0.15) is 10.4 Å². The molecule has 0 bridgehead atoms. The van der Waals surface area contributed by atoms with E-state index in [-0.39, 0.29) is 11.3 Å². The molecule has 0 radical (unpaired) electrons. The van der Waals surface area contributed by atoms with Gasteiger partial charge in [-0.15, -0.1) is 18.2 Å². The first-order valence-electron chi connectivity index (χ1n) is 6.05. The van der Waals surface area contributed by atoms with E-state index in [2.05, 4.69) is 16.0 Å². The molecule has 1 atom stereocenters. The number of esters is 1. The number of phenolic OH excluding ortho intramolecular Hbond substituents is 3. The summed E-state index contributed by atoms with van der Waals surface area (Å²) >= 11 is 1.26. The van der Waals surface area contributed by atoms with Crippen molar-refractivity contribution in [1.82, 2.24) is 5.32 Å². The second-order valence-corrected chi connectivity index (χ2v) is 5.16. The average Bonchev–Trinajstić information content (AvgIpc) is 2.50. The van der Waals surface area contributed by atoms with Gasteiger partial charge in [0.1, 0.15) is 6.04 Å². The summed E-state index contributed by atoms with van der Waals surface area (Å²) in [4.78, 5) is 23.7. The van der Waals surface area contributed by atoms with Gasteiger partial charge in [0.15, 0.2) is 17.2 Å². The van der Waals surface area contributed by atoms with Crippen LogP contribution in [0.5, 0.6) is 17.2 Å². The lowest BCUT2D eigenvalue weighted by Gasteiger charge is -2.16. The Bertz CT molecular complexity index is 587. The van der Waals surface area contributed by atoms with Gasteiger partial charge in [-0.25, -0.2) is 4.79 Å². The Morgan fingerprint density at radius 1 is 1.36 bits per heavy atom. The van der Waals surface area contributed by atoms with Crippen LogP contribution in [0.15, 0.2) is 12.1 Å². The first-order valence-corrected chi connectivity index (χ1v) is 7.21. The second-order valence-electron chi connectivity index (χ2n) is 4.13. The molecule has 0 aliphatic heterocycles. The summed E-state index contributed by atoms with van der Waals surface area (Å²) in [6.07, 6.45) is 5.11. The van der Waals surface area contributed by atoms with Crippen molar-refractivity contribution in [2.75, 3.05) is 18.6 Å². The summed E-state index contributed by atoms with van der Waals surface area (Å²) in [5, 5.41) is 30.4. The topological polar surface area (TPSA) is 116 Å². The number of methoxy groups -OCH3 is 1. The Labute approximate surface area is 131 Å². The highest BCUT2D eigenvalue weighted by atomic mass is 32.2. The minimum atomic E-state index is -0.936. The molecule has 1 rings (SSSR count). The predicted molar refractivity (Wildman–Crippen MR) is 80.9 cm³/mol. The van der Waals surface area contributed by atoms with Gasteiger partial charge in [-0.1, -0.05) is 5.92 Å². The summed E-state index contributed by atoms with van der Waals surface area (Å²) in [5.74, 6) is -0.439. The molecule has 0 aromatic heterocycles. The number of rotatable bonds is 6. The number of benzene rings is 1. The van der Waals surface area contributed by atoms with E-state index >= 15 is 0 Å². The van der Waals surface area contributed by atoms with Gasteiger partial charge < -0.3 is 25.4 Å². The van der Waals surface area contributed by atoms with E-state index in [1.807, 2.05) is 0 Å². The van der Waals surface area contributed by atoms with Gasteiger partial charge in [0.2, 0.25) is 0 Å². The summed E-state index contributed by atoms with van der Waals surface area (Å²) in [7, 11) is 1.19. The number of thioether (sulfide) groups is 1. The lowest BCUT2D eigenvalue weighted by molar-refractivity contribution is -0.142. The molecule has 0 aliphatic carbocycles. The van der Waals surface area contributed by atoms with Crippen LogP contribution in [0.3, 0.4) is 0 Å². The minimum Gasteiger partial charge on any atom is -0.504 e. The highest BCUT2D eigenvalue weighted by molar-refractivity contribution is 7.99. The molecule has 118 valence electrons. The van der Waals surface area contributed by atoms with Crippen molar-refractivity contribution in [1.29, 1.82) is 0 Å². The van der Waals surface area contributed by atoms with Crippen molar-refractivity contribution in [2.24, 2.45) is 0 Å². The lowest BCUT2D eigenvalue weighted by atomic mass is 10.1. The Morgan fingerprint density at radius 3 is 2.45 bits per heavy atom. The molecule has 0 unspecified atom stereocenters. The van der Waals surface area contributed by atoms with E-state index in [0.29, 0.717) is 5.75 Å². The number of hydrogen-bond donors (Lipinski definition) is 4. The normalized spacial score (nSPS) is 11.3. The van der Waals surface area contributed by atoms with Crippen LogP contribution >= 0.6 is 11.8 Å². The lowest BCUT2D eigenvalue weighted by Crippen LogP contribution is -2.43. The van der Waals surface area contributed by atoms with Crippen LogP contribution in [0, 0.1) is 12.3 Å². The molecule has 1 aromatic carbocycles. The quantitative estimate of drug-likeness (QED) is 0.259. The van der Waals surface area contributed by atoms with Gasteiger partial charge >= 0.3 is 5.97 Å². The maximum Gasteiger partial charge on any atom is 0.329 e. The van der Waals surface area contributed by atoms with Crippen LogP contribution in [-0.2, 0) is 9.53 Å². The van der Waals surface area contributed by atoms with Crippen molar-refractivity contribution >= 4 is 23.6 Å². The van der Waals surface area contributed by atoms with E-state index in [9.17, 15) is 24.9 Å². The molecule has 0 fully saturated rings. The maximum atomic E-state index is 12.1. The molecule has 1 aromatic rings. The molecule has 0 spiro atoms. The summed E-state index contributed by atoms with van der Waals surface area (Å²) in [6.45, 7) is 0. The van der Waals surface area contributed by atoms with Crippen LogP contribution in [-0.4, -0.2) is 51.9 Å². The van der Waals surface area contributed by atoms with E-state index in [1.54, 1.807) is 0 Å². The van der Waals surface area contributed by atoms with Crippen LogP contribution in [0.25, 0.3) is 0 Å². The first kappa shape index (κ1) is 17.5. The van der Waals surface area contributed by atoms with Gasteiger partial charge in [0.05, 0.1) is 12.9 Å². The van der Waals surface area contributed by atoms with Crippen molar-refractivity contribution < 1.29 is 29.6 Å². The Balaban J connectivity index is 2.86.